The Morgan fingerprint density at radius 2 is 2.11 bits per heavy atom. The lowest BCUT2D eigenvalue weighted by Crippen LogP contribution is -1.99. The van der Waals surface area contributed by atoms with Gasteiger partial charge in [-0.1, -0.05) is 0 Å². The molecule has 0 spiro atoms. The highest BCUT2D eigenvalue weighted by atomic mass is 32.2. The van der Waals surface area contributed by atoms with Crippen LogP contribution < -0.4 is 5.32 Å². The van der Waals surface area contributed by atoms with Crippen molar-refractivity contribution in [2.75, 3.05) is 5.32 Å². The van der Waals surface area contributed by atoms with Crippen LogP contribution in [0.25, 0.3) is 0 Å². The molecule has 0 saturated heterocycles. The van der Waals surface area contributed by atoms with E-state index in [1.807, 2.05) is 0 Å². The second-order valence-corrected chi connectivity index (χ2v) is 5.98. The highest BCUT2D eigenvalue weighted by molar-refractivity contribution is 7.98. The van der Waals surface area contributed by atoms with Crippen LogP contribution >= 0.6 is 23.3 Å². The fraction of sp³-hybridized carbons (Fsp3) is 0.333. The van der Waals surface area contributed by atoms with E-state index < -0.39 is 0 Å². The van der Waals surface area contributed by atoms with E-state index in [1.54, 1.807) is 23.9 Å². The van der Waals surface area contributed by atoms with Gasteiger partial charge in [0.05, 0.1) is 5.75 Å². The van der Waals surface area contributed by atoms with Gasteiger partial charge in [-0.2, -0.15) is 4.37 Å². The van der Waals surface area contributed by atoms with Gasteiger partial charge in [0.1, 0.15) is 5.82 Å². The third kappa shape index (κ3) is 3.20. The molecule has 3 nitrogen and oxygen atoms in total. The normalized spacial score (nSPS) is 14.7. The van der Waals surface area contributed by atoms with E-state index in [0.717, 1.165) is 15.9 Å². The second-order valence-electron chi connectivity index (χ2n) is 4.18. The Kier molecular flexibility index (Phi) is 3.47. The summed E-state index contributed by atoms with van der Waals surface area (Å²) in [4.78, 5) is 5.45. The summed E-state index contributed by atoms with van der Waals surface area (Å²) in [6.07, 6.45) is 2.47. The molecule has 1 aliphatic carbocycles. The predicted octanol–water partition coefficient (Wildman–Crippen LogP) is 3.54. The smallest absolute Gasteiger partial charge is 0.202 e. The number of benzene rings is 1. The van der Waals surface area contributed by atoms with E-state index in [9.17, 15) is 4.39 Å². The Labute approximate surface area is 113 Å². The van der Waals surface area contributed by atoms with Crippen molar-refractivity contribution in [3.63, 3.8) is 0 Å². The number of nitrogens with one attached hydrogen (secondary N) is 1. The van der Waals surface area contributed by atoms with Crippen LogP contribution in [0.2, 0.25) is 0 Å². The number of anilines is 1. The largest absolute Gasteiger partial charge is 0.358 e. The molecular formula is C12H12FN3S2. The zero-order chi connectivity index (χ0) is 12.4. The molecule has 1 aromatic carbocycles. The van der Waals surface area contributed by atoms with Crippen molar-refractivity contribution in [2.24, 2.45) is 0 Å². The number of aromatic nitrogens is 2. The Hall–Kier alpha value is -1.14. The number of halogens is 1. The molecule has 1 aromatic heterocycles. The van der Waals surface area contributed by atoms with Crippen molar-refractivity contribution in [1.29, 1.82) is 0 Å². The number of hydrogen-bond donors (Lipinski definition) is 1. The van der Waals surface area contributed by atoms with Crippen molar-refractivity contribution < 1.29 is 4.39 Å². The molecule has 6 heteroatoms. The van der Waals surface area contributed by atoms with Gasteiger partial charge in [0.15, 0.2) is 5.82 Å². The van der Waals surface area contributed by atoms with Crippen LogP contribution in [0, 0.1) is 5.82 Å². The summed E-state index contributed by atoms with van der Waals surface area (Å²) in [5.74, 6) is 1.34. The lowest BCUT2D eigenvalue weighted by Gasteiger charge is -1.98. The van der Waals surface area contributed by atoms with E-state index in [-0.39, 0.29) is 5.82 Å². The maximum absolute atomic E-state index is 12.7. The molecule has 0 aliphatic heterocycles. The van der Waals surface area contributed by atoms with Crippen LogP contribution in [-0.4, -0.2) is 15.4 Å². The summed E-state index contributed by atoms with van der Waals surface area (Å²) in [5, 5.41) is 4.24. The highest BCUT2D eigenvalue weighted by Gasteiger charge is 2.22. The van der Waals surface area contributed by atoms with Crippen LogP contribution in [0.3, 0.4) is 0 Å². The number of hydrogen-bond acceptors (Lipinski definition) is 5. The van der Waals surface area contributed by atoms with Crippen molar-refractivity contribution in [3.05, 3.63) is 35.9 Å². The van der Waals surface area contributed by atoms with Gasteiger partial charge in [0.2, 0.25) is 5.13 Å². The van der Waals surface area contributed by atoms with Gasteiger partial charge >= 0.3 is 0 Å². The van der Waals surface area contributed by atoms with Crippen molar-refractivity contribution in [2.45, 2.75) is 29.5 Å². The number of nitrogens with zero attached hydrogens (tertiary/aromatic N) is 2. The Morgan fingerprint density at radius 3 is 2.83 bits per heavy atom. The lowest BCUT2D eigenvalue weighted by molar-refractivity contribution is 0.626. The zero-order valence-electron chi connectivity index (χ0n) is 9.60. The maximum atomic E-state index is 12.7. The summed E-state index contributed by atoms with van der Waals surface area (Å²) in [6, 6.07) is 7.09. The third-order valence-corrected chi connectivity index (χ3v) is 4.25. The van der Waals surface area contributed by atoms with Crippen LogP contribution in [0.1, 0.15) is 18.7 Å². The molecule has 0 amide bonds. The van der Waals surface area contributed by atoms with Gasteiger partial charge < -0.3 is 5.32 Å². The van der Waals surface area contributed by atoms with Gasteiger partial charge in [0, 0.05) is 22.5 Å². The Bertz CT molecular complexity index is 522. The highest BCUT2D eigenvalue weighted by Crippen LogP contribution is 2.27. The van der Waals surface area contributed by atoms with Crippen molar-refractivity contribution >= 4 is 28.4 Å². The topological polar surface area (TPSA) is 37.8 Å². The average Bonchev–Trinajstić information content (AvgIpc) is 3.07. The van der Waals surface area contributed by atoms with E-state index in [1.165, 1.54) is 36.5 Å². The van der Waals surface area contributed by atoms with Crippen LogP contribution in [0.15, 0.2) is 29.2 Å². The van der Waals surface area contributed by atoms with Gasteiger partial charge in [-0.3, -0.25) is 0 Å². The quantitative estimate of drug-likeness (QED) is 0.851. The molecule has 94 valence electrons. The monoisotopic (exact) mass is 281 g/mol. The Morgan fingerprint density at radius 1 is 1.33 bits per heavy atom. The summed E-state index contributed by atoms with van der Waals surface area (Å²) < 4.78 is 17.0. The maximum Gasteiger partial charge on any atom is 0.202 e. The molecule has 1 saturated carbocycles. The standard InChI is InChI=1S/C12H12FN3S2/c13-8-1-5-10(6-2-8)17-7-11-15-12(18-16-11)14-9-3-4-9/h1-2,5-6,9H,3-4,7H2,(H,14,15,16). The summed E-state index contributed by atoms with van der Waals surface area (Å²) >= 11 is 3.03. The predicted molar refractivity (Wildman–Crippen MR) is 72.5 cm³/mol. The molecule has 1 N–H and O–H groups in total. The summed E-state index contributed by atoms with van der Waals surface area (Å²) in [6.45, 7) is 0. The van der Waals surface area contributed by atoms with Gasteiger partial charge in [0.25, 0.3) is 0 Å². The first-order chi connectivity index (χ1) is 8.79. The van der Waals surface area contributed by atoms with Crippen molar-refractivity contribution in [3.8, 4) is 0 Å². The molecule has 1 heterocycles. The first-order valence-corrected chi connectivity index (χ1v) is 7.53. The average molecular weight is 281 g/mol. The van der Waals surface area contributed by atoms with Gasteiger partial charge in [-0.05, 0) is 37.1 Å². The van der Waals surface area contributed by atoms with Gasteiger partial charge in [-0.25, -0.2) is 9.37 Å². The molecule has 18 heavy (non-hydrogen) atoms. The van der Waals surface area contributed by atoms with Crippen LogP contribution in [-0.2, 0) is 5.75 Å². The van der Waals surface area contributed by atoms with E-state index in [4.69, 9.17) is 0 Å². The minimum Gasteiger partial charge on any atom is -0.358 e. The molecular weight excluding hydrogens is 269 g/mol. The molecule has 3 rings (SSSR count). The zero-order valence-corrected chi connectivity index (χ0v) is 11.2. The van der Waals surface area contributed by atoms with E-state index in [2.05, 4.69) is 14.7 Å². The van der Waals surface area contributed by atoms with Crippen LogP contribution in [0.4, 0.5) is 9.52 Å². The fourth-order valence-corrected chi connectivity index (χ4v) is 2.95. The molecule has 0 atom stereocenters. The van der Waals surface area contributed by atoms with Crippen LogP contribution in [0.5, 0.6) is 0 Å². The molecule has 0 radical (unpaired) electrons. The second kappa shape index (κ2) is 5.24. The molecule has 0 bridgehead atoms. The van der Waals surface area contributed by atoms with Gasteiger partial charge in [-0.15, -0.1) is 11.8 Å². The molecule has 1 aliphatic rings. The summed E-state index contributed by atoms with van der Waals surface area (Å²) in [7, 11) is 0. The number of thioether (sulfide) groups is 1. The molecule has 1 fully saturated rings. The lowest BCUT2D eigenvalue weighted by atomic mass is 10.4. The number of rotatable bonds is 5. The minimum atomic E-state index is -0.206. The minimum absolute atomic E-state index is 0.206. The SMILES string of the molecule is Fc1ccc(SCc2nsc(NC3CC3)n2)cc1. The van der Waals surface area contributed by atoms with E-state index >= 15 is 0 Å². The summed E-state index contributed by atoms with van der Waals surface area (Å²) in [5.41, 5.74) is 0. The van der Waals surface area contributed by atoms with Crippen molar-refractivity contribution in [1.82, 2.24) is 9.36 Å². The molecule has 0 unspecified atom stereocenters. The Balaban J connectivity index is 1.55. The van der Waals surface area contributed by atoms with E-state index in [0.29, 0.717) is 11.8 Å². The molecule has 2 aromatic rings. The fourth-order valence-electron chi connectivity index (χ4n) is 1.45. The third-order valence-electron chi connectivity index (χ3n) is 2.55. The first-order valence-electron chi connectivity index (χ1n) is 5.77. The first kappa shape index (κ1) is 11.9.